The Kier molecular flexibility index (Phi) is 6.28. The number of hydrogen-bond donors (Lipinski definition) is 2. The van der Waals surface area contributed by atoms with Gasteiger partial charge in [-0.05, 0) is 30.3 Å². The first kappa shape index (κ1) is 17.9. The molecule has 6 nitrogen and oxygen atoms in total. The van der Waals surface area contributed by atoms with Crippen molar-refractivity contribution in [1.29, 1.82) is 0 Å². The van der Waals surface area contributed by atoms with E-state index in [-0.39, 0.29) is 11.6 Å². The third-order valence-corrected chi connectivity index (χ3v) is 3.45. The van der Waals surface area contributed by atoms with E-state index in [0.29, 0.717) is 22.1 Å². The Morgan fingerprint density at radius 2 is 1.79 bits per heavy atom. The standard InChI is InChI=1S/C16H14Cl2N2O4/c1-23-13-5-3-2-4-11(13)16(22)20-19-15(21)9-24-14-7-6-10(17)8-12(14)18/h2-8H,9H2,1H3,(H,19,21)(H,20,22). The van der Waals surface area contributed by atoms with Crippen molar-refractivity contribution in [3.05, 3.63) is 58.1 Å². The van der Waals surface area contributed by atoms with E-state index >= 15 is 0 Å². The fourth-order valence-corrected chi connectivity index (χ4v) is 2.26. The summed E-state index contributed by atoms with van der Waals surface area (Å²) >= 11 is 11.7. The van der Waals surface area contributed by atoms with Gasteiger partial charge in [0.15, 0.2) is 6.61 Å². The van der Waals surface area contributed by atoms with Crippen LogP contribution in [0.3, 0.4) is 0 Å². The fourth-order valence-electron chi connectivity index (χ4n) is 1.80. The Morgan fingerprint density at radius 1 is 1.04 bits per heavy atom. The van der Waals surface area contributed by atoms with Crippen molar-refractivity contribution in [2.24, 2.45) is 0 Å². The molecular formula is C16H14Cl2N2O4. The van der Waals surface area contributed by atoms with E-state index in [4.69, 9.17) is 32.7 Å². The minimum absolute atomic E-state index is 0.286. The number of carbonyl (C=O) groups is 2. The van der Waals surface area contributed by atoms with Crippen LogP contribution in [-0.4, -0.2) is 25.5 Å². The topological polar surface area (TPSA) is 76.7 Å². The molecule has 2 aromatic carbocycles. The van der Waals surface area contributed by atoms with Crippen LogP contribution in [-0.2, 0) is 4.79 Å². The molecule has 2 amide bonds. The van der Waals surface area contributed by atoms with Crippen LogP contribution in [0, 0.1) is 0 Å². The average molecular weight is 369 g/mol. The van der Waals surface area contributed by atoms with Gasteiger partial charge in [-0.15, -0.1) is 0 Å². The predicted molar refractivity (Wildman–Crippen MR) is 90.6 cm³/mol. The number of hydrogen-bond acceptors (Lipinski definition) is 4. The summed E-state index contributed by atoms with van der Waals surface area (Å²) in [5.74, 6) is -0.352. The number of rotatable bonds is 5. The number of ether oxygens (including phenoxy) is 2. The minimum Gasteiger partial charge on any atom is -0.496 e. The number of methoxy groups -OCH3 is 1. The van der Waals surface area contributed by atoms with E-state index in [2.05, 4.69) is 10.9 Å². The van der Waals surface area contributed by atoms with Gasteiger partial charge in [0.2, 0.25) is 0 Å². The van der Waals surface area contributed by atoms with E-state index in [9.17, 15) is 9.59 Å². The van der Waals surface area contributed by atoms with Crippen LogP contribution in [0.4, 0.5) is 0 Å². The minimum atomic E-state index is -0.552. The highest BCUT2D eigenvalue weighted by atomic mass is 35.5. The normalized spacial score (nSPS) is 9.96. The summed E-state index contributed by atoms with van der Waals surface area (Å²) in [6, 6.07) is 11.3. The molecule has 0 aliphatic heterocycles. The molecular weight excluding hydrogens is 355 g/mol. The van der Waals surface area contributed by atoms with E-state index in [1.165, 1.54) is 13.2 Å². The second-order valence-corrected chi connectivity index (χ2v) is 5.41. The first-order valence-electron chi connectivity index (χ1n) is 6.81. The molecule has 24 heavy (non-hydrogen) atoms. The lowest BCUT2D eigenvalue weighted by Gasteiger charge is -2.11. The molecule has 0 unspecified atom stereocenters. The van der Waals surface area contributed by atoms with Crippen molar-refractivity contribution < 1.29 is 19.1 Å². The molecule has 8 heteroatoms. The van der Waals surface area contributed by atoms with Gasteiger partial charge in [0, 0.05) is 5.02 Å². The Balaban J connectivity index is 1.85. The van der Waals surface area contributed by atoms with Crippen LogP contribution in [0.5, 0.6) is 11.5 Å². The van der Waals surface area contributed by atoms with Crippen molar-refractivity contribution in [2.75, 3.05) is 13.7 Å². The van der Waals surface area contributed by atoms with Crippen LogP contribution < -0.4 is 20.3 Å². The van der Waals surface area contributed by atoms with Gasteiger partial charge in [-0.2, -0.15) is 0 Å². The average Bonchev–Trinajstić information content (AvgIpc) is 2.58. The second kappa shape index (κ2) is 8.42. The zero-order chi connectivity index (χ0) is 17.5. The number of benzene rings is 2. The van der Waals surface area contributed by atoms with Crippen LogP contribution in [0.2, 0.25) is 10.0 Å². The molecule has 0 fully saturated rings. The molecule has 0 bridgehead atoms. The Labute approximate surface area is 148 Å². The third-order valence-electron chi connectivity index (χ3n) is 2.92. The molecule has 0 aliphatic carbocycles. The zero-order valence-corrected chi connectivity index (χ0v) is 14.1. The monoisotopic (exact) mass is 368 g/mol. The molecule has 126 valence electrons. The van der Waals surface area contributed by atoms with Crippen molar-refractivity contribution in [2.45, 2.75) is 0 Å². The Morgan fingerprint density at radius 3 is 2.50 bits per heavy atom. The van der Waals surface area contributed by atoms with Crippen LogP contribution in [0.25, 0.3) is 0 Å². The SMILES string of the molecule is COc1ccccc1C(=O)NNC(=O)COc1ccc(Cl)cc1Cl. The predicted octanol–water partition coefficient (Wildman–Crippen LogP) is 2.84. The van der Waals surface area contributed by atoms with Gasteiger partial charge in [-0.1, -0.05) is 35.3 Å². The molecule has 0 spiro atoms. The summed E-state index contributed by atoms with van der Waals surface area (Å²) < 4.78 is 10.3. The third kappa shape index (κ3) is 4.78. The molecule has 0 heterocycles. The van der Waals surface area contributed by atoms with Gasteiger partial charge in [0.05, 0.1) is 17.7 Å². The number of halogens is 2. The molecule has 0 aliphatic rings. The highest BCUT2D eigenvalue weighted by molar-refractivity contribution is 6.35. The van der Waals surface area contributed by atoms with Crippen LogP contribution in [0.1, 0.15) is 10.4 Å². The highest BCUT2D eigenvalue weighted by Crippen LogP contribution is 2.27. The van der Waals surface area contributed by atoms with Crippen molar-refractivity contribution >= 4 is 35.0 Å². The van der Waals surface area contributed by atoms with E-state index in [0.717, 1.165) is 0 Å². The molecule has 0 aromatic heterocycles. The van der Waals surface area contributed by atoms with Crippen molar-refractivity contribution in [3.8, 4) is 11.5 Å². The first-order chi connectivity index (χ1) is 11.5. The Bertz CT molecular complexity index is 753. The van der Waals surface area contributed by atoms with E-state index in [1.54, 1.807) is 36.4 Å². The van der Waals surface area contributed by atoms with Gasteiger partial charge >= 0.3 is 0 Å². The summed E-state index contributed by atoms with van der Waals surface area (Å²) in [7, 11) is 1.45. The lowest BCUT2D eigenvalue weighted by Crippen LogP contribution is -2.43. The molecule has 0 radical (unpaired) electrons. The van der Waals surface area contributed by atoms with Crippen LogP contribution >= 0.6 is 23.2 Å². The zero-order valence-electron chi connectivity index (χ0n) is 12.6. The summed E-state index contributed by atoms with van der Waals surface area (Å²) in [4.78, 5) is 23.7. The summed E-state index contributed by atoms with van der Waals surface area (Å²) in [5, 5.41) is 0.745. The van der Waals surface area contributed by atoms with E-state index in [1.807, 2.05) is 0 Å². The largest absolute Gasteiger partial charge is 0.496 e. The summed E-state index contributed by atoms with van der Waals surface area (Å²) in [6.07, 6.45) is 0. The number of nitrogens with one attached hydrogen (secondary N) is 2. The molecule has 0 atom stereocenters. The number of amides is 2. The molecule has 2 N–H and O–H groups in total. The molecule has 2 aromatic rings. The summed E-state index contributed by atoms with van der Waals surface area (Å²) in [5.41, 5.74) is 4.82. The van der Waals surface area contributed by atoms with Crippen LogP contribution in [0.15, 0.2) is 42.5 Å². The summed E-state index contributed by atoms with van der Waals surface area (Å²) in [6.45, 7) is -0.326. The van der Waals surface area contributed by atoms with Crippen molar-refractivity contribution in [1.82, 2.24) is 10.9 Å². The maximum absolute atomic E-state index is 12.0. The maximum Gasteiger partial charge on any atom is 0.276 e. The maximum atomic E-state index is 12.0. The highest BCUT2D eigenvalue weighted by Gasteiger charge is 2.12. The quantitative estimate of drug-likeness (QED) is 0.795. The van der Waals surface area contributed by atoms with Gasteiger partial charge in [-0.25, -0.2) is 0 Å². The number of carbonyl (C=O) groups excluding carboxylic acids is 2. The Hall–Kier alpha value is -2.44. The number of para-hydroxylation sites is 1. The van der Waals surface area contributed by atoms with Crippen molar-refractivity contribution in [3.63, 3.8) is 0 Å². The molecule has 0 saturated heterocycles. The van der Waals surface area contributed by atoms with Gasteiger partial charge in [-0.3, -0.25) is 20.4 Å². The van der Waals surface area contributed by atoms with Gasteiger partial charge in [0.1, 0.15) is 11.5 Å². The first-order valence-corrected chi connectivity index (χ1v) is 7.57. The van der Waals surface area contributed by atoms with Gasteiger partial charge in [0.25, 0.3) is 11.8 Å². The van der Waals surface area contributed by atoms with Gasteiger partial charge < -0.3 is 9.47 Å². The van der Waals surface area contributed by atoms with E-state index < -0.39 is 11.8 Å². The molecule has 0 saturated carbocycles. The number of hydrazine groups is 1. The smallest absolute Gasteiger partial charge is 0.276 e. The lowest BCUT2D eigenvalue weighted by molar-refractivity contribution is -0.123. The second-order valence-electron chi connectivity index (χ2n) is 4.57. The lowest BCUT2D eigenvalue weighted by atomic mass is 10.2. The fraction of sp³-hybridized carbons (Fsp3) is 0.125. The molecule has 2 rings (SSSR count).